The van der Waals surface area contributed by atoms with E-state index in [9.17, 15) is 4.79 Å². The first-order chi connectivity index (χ1) is 10.2. The molecule has 2 rings (SSSR count). The summed E-state index contributed by atoms with van der Waals surface area (Å²) in [4.78, 5) is 11.5. The highest BCUT2D eigenvalue weighted by Gasteiger charge is 2.22. The number of halogens is 1. The Labute approximate surface area is 132 Å². The van der Waals surface area contributed by atoms with Gasteiger partial charge in [-0.05, 0) is 30.2 Å². The molecule has 3 nitrogen and oxygen atoms in total. The number of carbonyl (C=O) groups is 1. The second-order valence-electron chi connectivity index (χ2n) is 5.72. The molecule has 2 N–H and O–H groups in total. The Morgan fingerprint density at radius 2 is 2.10 bits per heavy atom. The molecule has 0 radical (unpaired) electrons. The molecule has 0 aromatic heterocycles. The average Bonchev–Trinajstić information content (AvgIpc) is 2.80. The highest BCUT2D eigenvalue weighted by atomic mass is 35.5. The van der Waals surface area contributed by atoms with Gasteiger partial charge in [-0.1, -0.05) is 57.2 Å². The third-order valence-corrected chi connectivity index (χ3v) is 4.35. The number of hydrogen-bond donors (Lipinski definition) is 2. The number of fused-ring (bicyclic) bond motifs is 1. The molecule has 1 unspecified atom stereocenters. The van der Waals surface area contributed by atoms with Gasteiger partial charge in [0.2, 0.25) is 5.91 Å². The fraction of sp³-hybridized carbons (Fsp3) is 0.588. The van der Waals surface area contributed by atoms with Crippen LogP contribution in [0.4, 0.5) is 5.69 Å². The van der Waals surface area contributed by atoms with Crippen molar-refractivity contribution in [2.45, 2.75) is 58.4 Å². The SMILES string of the molecule is CCCCCCC(NCC)c1cc2c(cc1Cl)NC(=O)C2. The lowest BCUT2D eigenvalue weighted by molar-refractivity contribution is -0.115. The number of anilines is 1. The molecule has 1 aromatic rings. The summed E-state index contributed by atoms with van der Waals surface area (Å²) in [5.41, 5.74) is 3.07. The van der Waals surface area contributed by atoms with Gasteiger partial charge in [-0.25, -0.2) is 0 Å². The third kappa shape index (κ3) is 4.21. The molecule has 0 saturated heterocycles. The van der Waals surface area contributed by atoms with E-state index in [2.05, 4.69) is 30.5 Å². The van der Waals surface area contributed by atoms with E-state index >= 15 is 0 Å². The Hall–Kier alpha value is -1.06. The van der Waals surface area contributed by atoms with Gasteiger partial charge >= 0.3 is 0 Å². The molecule has 1 aliphatic heterocycles. The van der Waals surface area contributed by atoms with Crippen LogP contribution in [-0.4, -0.2) is 12.5 Å². The molecule has 0 saturated carbocycles. The molecule has 1 amide bonds. The van der Waals surface area contributed by atoms with E-state index in [0.717, 1.165) is 34.8 Å². The van der Waals surface area contributed by atoms with Crippen molar-refractivity contribution in [1.29, 1.82) is 0 Å². The lowest BCUT2D eigenvalue weighted by Crippen LogP contribution is -2.21. The smallest absolute Gasteiger partial charge is 0.228 e. The highest BCUT2D eigenvalue weighted by Crippen LogP contribution is 2.34. The third-order valence-electron chi connectivity index (χ3n) is 4.02. The van der Waals surface area contributed by atoms with E-state index in [0.29, 0.717) is 6.42 Å². The van der Waals surface area contributed by atoms with Crippen LogP contribution in [0.1, 0.15) is 63.1 Å². The molecule has 0 bridgehead atoms. The molecule has 0 aliphatic carbocycles. The monoisotopic (exact) mass is 308 g/mol. The van der Waals surface area contributed by atoms with Crippen molar-refractivity contribution in [3.05, 3.63) is 28.3 Å². The van der Waals surface area contributed by atoms with Crippen LogP contribution in [0.25, 0.3) is 0 Å². The summed E-state index contributed by atoms with van der Waals surface area (Å²) in [6.07, 6.45) is 6.56. The Morgan fingerprint density at radius 1 is 1.29 bits per heavy atom. The van der Waals surface area contributed by atoms with Crippen LogP contribution in [-0.2, 0) is 11.2 Å². The van der Waals surface area contributed by atoms with E-state index in [1.807, 2.05) is 6.07 Å². The van der Waals surface area contributed by atoms with E-state index in [-0.39, 0.29) is 11.9 Å². The first-order valence-electron chi connectivity index (χ1n) is 8.01. The van der Waals surface area contributed by atoms with Gasteiger partial charge in [-0.3, -0.25) is 4.79 Å². The van der Waals surface area contributed by atoms with E-state index in [1.54, 1.807) is 0 Å². The summed E-state index contributed by atoms with van der Waals surface area (Å²) < 4.78 is 0. The Kier molecular flexibility index (Phi) is 6.07. The standard InChI is InChI=1S/C17H25ClN2O/c1-3-5-6-7-8-15(19-4-2)13-9-12-10-17(21)20-16(12)11-14(13)18/h9,11,15,19H,3-8,10H2,1-2H3,(H,20,21). The van der Waals surface area contributed by atoms with E-state index < -0.39 is 0 Å². The number of unbranched alkanes of at least 4 members (excludes halogenated alkanes) is 3. The molecule has 1 aromatic carbocycles. The van der Waals surface area contributed by atoms with E-state index in [4.69, 9.17) is 11.6 Å². The zero-order valence-electron chi connectivity index (χ0n) is 13.0. The molecule has 116 valence electrons. The summed E-state index contributed by atoms with van der Waals surface area (Å²) in [7, 11) is 0. The molecular formula is C17H25ClN2O. The fourth-order valence-corrected chi connectivity index (χ4v) is 3.22. The molecule has 1 atom stereocenters. The molecule has 4 heteroatoms. The van der Waals surface area contributed by atoms with Crippen molar-refractivity contribution < 1.29 is 4.79 Å². The van der Waals surface area contributed by atoms with Crippen LogP contribution in [0, 0.1) is 0 Å². The number of amides is 1. The van der Waals surface area contributed by atoms with Crippen LogP contribution in [0.15, 0.2) is 12.1 Å². The number of nitrogens with one attached hydrogen (secondary N) is 2. The average molecular weight is 309 g/mol. The largest absolute Gasteiger partial charge is 0.325 e. The highest BCUT2D eigenvalue weighted by molar-refractivity contribution is 6.32. The van der Waals surface area contributed by atoms with Gasteiger partial charge in [-0.2, -0.15) is 0 Å². The first-order valence-corrected chi connectivity index (χ1v) is 8.39. The summed E-state index contributed by atoms with van der Waals surface area (Å²) in [6.45, 7) is 5.26. The quantitative estimate of drug-likeness (QED) is 0.696. The van der Waals surface area contributed by atoms with Crippen molar-refractivity contribution in [2.24, 2.45) is 0 Å². The second kappa shape index (κ2) is 7.81. The maximum atomic E-state index is 11.5. The van der Waals surface area contributed by atoms with Gasteiger partial charge in [0.25, 0.3) is 0 Å². The lowest BCUT2D eigenvalue weighted by Gasteiger charge is -2.20. The zero-order chi connectivity index (χ0) is 15.2. The van der Waals surface area contributed by atoms with Gasteiger partial charge in [0.1, 0.15) is 0 Å². The summed E-state index contributed by atoms with van der Waals surface area (Å²) in [5, 5.41) is 7.13. The van der Waals surface area contributed by atoms with Crippen LogP contribution >= 0.6 is 11.6 Å². The molecule has 1 aliphatic rings. The summed E-state index contributed by atoms with van der Waals surface area (Å²) >= 11 is 6.43. The Balaban J connectivity index is 2.12. The number of rotatable bonds is 8. The second-order valence-corrected chi connectivity index (χ2v) is 6.12. The van der Waals surface area contributed by atoms with Crippen molar-refractivity contribution in [3.63, 3.8) is 0 Å². The van der Waals surface area contributed by atoms with Crippen molar-refractivity contribution in [2.75, 3.05) is 11.9 Å². The number of carbonyl (C=O) groups excluding carboxylic acids is 1. The Bertz CT molecular complexity index is 502. The van der Waals surface area contributed by atoms with Gasteiger partial charge in [0.15, 0.2) is 0 Å². The van der Waals surface area contributed by atoms with Gasteiger partial charge in [0.05, 0.1) is 6.42 Å². The predicted molar refractivity (Wildman–Crippen MR) is 89.0 cm³/mol. The number of benzene rings is 1. The van der Waals surface area contributed by atoms with Crippen LogP contribution in [0.3, 0.4) is 0 Å². The molecule has 0 fully saturated rings. The maximum Gasteiger partial charge on any atom is 0.228 e. The predicted octanol–water partition coefficient (Wildman–Crippen LogP) is 4.46. The van der Waals surface area contributed by atoms with E-state index in [1.165, 1.54) is 25.7 Å². The molecule has 1 heterocycles. The van der Waals surface area contributed by atoms with Gasteiger partial charge in [-0.15, -0.1) is 0 Å². The lowest BCUT2D eigenvalue weighted by atomic mass is 9.97. The first kappa shape index (κ1) is 16.3. The van der Waals surface area contributed by atoms with Crippen LogP contribution in [0.2, 0.25) is 5.02 Å². The Morgan fingerprint density at radius 3 is 2.81 bits per heavy atom. The fourth-order valence-electron chi connectivity index (χ4n) is 2.92. The van der Waals surface area contributed by atoms with Crippen molar-refractivity contribution in [1.82, 2.24) is 5.32 Å². The minimum atomic E-state index is 0.0566. The topological polar surface area (TPSA) is 41.1 Å². The minimum Gasteiger partial charge on any atom is -0.325 e. The molecule has 0 spiro atoms. The molecule has 21 heavy (non-hydrogen) atoms. The number of hydrogen-bond acceptors (Lipinski definition) is 2. The van der Waals surface area contributed by atoms with Crippen LogP contribution < -0.4 is 10.6 Å². The minimum absolute atomic E-state index is 0.0566. The normalized spacial score (nSPS) is 14.9. The van der Waals surface area contributed by atoms with Crippen LogP contribution in [0.5, 0.6) is 0 Å². The van der Waals surface area contributed by atoms with Crippen molar-refractivity contribution in [3.8, 4) is 0 Å². The van der Waals surface area contributed by atoms with Crippen molar-refractivity contribution >= 4 is 23.2 Å². The zero-order valence-corrected chi connectivity index (χ0v) is 13.7. The summed E-state index contributed by atoms with van der Waals surface area (Å²) in [6, 6.07) is 4.27. The summed E-state index contributed by atoms with van der Waals surface area (Å²) in [5.74, 6) is 0.0566. The van der Waals surface area contributed by atoms with Gasteiger partial charge in [0, 0.05) is 16.8 Å². The maximum absolute atomic E-state index is 11.5. The van der Waals surface area contributed by atoms with Gasteiger partial charge < -0.3 is 10.6 Å². The molecular weight excluding hydrogens is 284 g/mol.